The van der Waals surface area contributed by atoms with Crippen LogP contribution in [-0.2, 0) is 21.5 Å². The van der Waals surface area contributed by atoms with Gasteiger partial charge >= 0.3 is 5.97 Å². The van der Waals surface area contributed by atoms with E-state index < -0.39 is 5.54 Å². The Kier molecular flexibility index (Phi) is 3.50. The van der Waals surface area contributed by atoms with Gasteiger partial charge in [-0.3, -0.25) is 5.32 Å². The van der Waals surface area contributed by atoms with Crippen LogP contribution in [0, 0.1) is 5.82 Å². The Morgan fingerprint density at radius 1 is 1.40 bits per heavy atom. The van der Waals surface area contributed by atoms with Gasteiger partial charge in [-0.25, -0.2) is 9.18 Å². The average molecular weight is 277 g/mol. The summed E-state index contributed by atoms with van der Waals surface area (Å²) >= 11 is 0. The Balaban J connectivity index is 2.00. The van der Waals surface area contributed by atoms with Crippen LogP contribution in [0.15, 0.2) is 18.2 Å². The molecule has 0 saturated heterocycles. The van der Waals surface area contributed by atoms with Crippen molar-refractivity contribution in [3.05, 3.63) is 35.1 Å². The van der Waals surface area contributed by atoms with Crippen LogP contribution in [-0.4, -0.2) is 19.1 Å². The zero-order chi connectivity index (χ0) is 14.2. The summed E-state index contributed by atoms with van der Waals surface area (Å²) in [5.41, 5.74) is 0.556. The molecule has 1 N–H and O–H groups in total. The highest BCUT2D eigenvalue weighted by atomic mass is 19.1. The van der Waals surface area contributed by atoms with Crippen molar-refractivity contribution in [2.75, 3.05) is 7.11 Å². The lowest BCUT2D eigenvalue weighted by atomic mass is 9.90. The Labute approximate surface area is 118 Å². The molecule has 0 amide bonds. The van der Waals surface area contributed by atoms with Gasteiger partial charge in [0.2, 0.25) is 0 Å². The molecule has 1 fully saturated rings. The van der Waals surface area contributed by atoms with Gasteiger partial charge < -0.3 is 4.74 Å². The second-order valence-corrected chi connectivity index (χ2v) is 5.79. The van der Waals surface area contributed by atoms with Crippen molar-refractivity contribution in [1.82, 2.24) is 5.32 Å². The van der Waals surface area contributed by atoms with Crippen LogP contribution in [0.3, 0.4) is 0 Å². The molecule has 0 radical (unpaired) electrons. The maximum atomic E-state index is 13.9. The summed E-state index contributed by atoms with van der Waals surface area (Å²) in [4.78, 5) is 12.4. The van der Waals surface area contributed by atoms with Crippen LogP contribution < -0.4 is 5.32 Å². The van der Waals surface area contributed by atoms with Crippen LogP contribution >= 0.6 is 0 Å². The number of hydrogen-bond acceptors (Lipinski definition) is 3. The number of carbonyl (C=O) groups excluding carboxylic acids is 1. The van der Waals surface area contributed by atoms with Gasteiger partial charge in [0.25, 0.3) is 0 Å². The van der Waals surface area contributed by atoms with Crippen LogP contribution in [0.4, 0.5) is 4.39 Å². The zero-order valence-electron chi connectivity index (χ0n) is 11.7. The van der Waals surface area contributed by atoms with Crippen molar-refractivity contribution in [2.24, 2.45) is 0 Å². The highest BCUT2D eigenvalue weighted by Gasteiger charge is 2.48. The molecule has 1 aromatic rings. The number of carbonyl (C=O) groups is 1. The molecule has 1 saturated carbocycles. The van der Waals surface area contributed by atoms with Crippen LogP contribution in [0.5, 0.6) is 0 Å². The lowest BCUT2D eigenvalue weighted by Gasteiger charge is -2.32. The number of nitrogens with one attached hydrogen (secondary N) is 1. The molecule has 4 heteroatoms. The summed E-state index contributed by atoms with van der Waals surface area (Å²) in [6.07, 6.45) is 5.67. The van der Waals surface area contributed by atoms with Crippen LogP contribution in [0.1, 0.15) is 43.2 Å². The van der Waals surface area contributed by atoms with Gasteiger partial charge in [-0.1, -0.05) is 25.0 Å². The van der Waals surface area contributed by atoms with E-state index in [9.17, 15) is 9.18 Å². The van der Waals surface area contributed by atoms with Crippen molar-refractivity contribution in [2.45, 2.75) is 50.1 Å². The molecule has 2 aliphatic carbocycles. The topological polar surface area (TPSA) is 38.3 Å². The molecule has 0 spiro atoms. The molecule has 2 aliphatic rings. The molecule has 20 heavy (non-hydrogen) atoms. The highest BCUT2D eigenvalue weighted by Crippen LogP contribution is 2.40. The molecule has 3 nitrogen and oxygen atoms in total. The number of methoxy groups -OCH3 is 1. The summed E-state index contributed by atoms with van der Waals surface area (Å²) in [5.74, 6) is -0.518. The van der Waals surface area contributed by atoms with E-state index in [0.717, 1.165) is 18.4 Å². The Hall–Kier alpha value is -1.42. The molecule has 108 valence electrons. The number of fused-ring (bicyclic) bond motifs is 1. The fraction of sp³-hybridized carbons (Fsp3) is 0.562. The van der Waals surface area contributed by atoms with E-state index in [1.165, 1.54) is 26.0 Å². The van der Waals surface area contributed by atoms with E-state index in [1.54, 1.807) is 6.07 Å². The van der Waals surface area contributed by atoms with Crippen molar-refractivity contribution < 1.29 is 13.9 Å². The van der Waals surface area contributed by atoms with Gasteiger partial charge in [-0.05, 0) is 42.9 Å². The minimum atomic E-state index is -0.860. The maximum Gasteiger partial charge on any atom is 0.330 e. The first-order valence-corrected chi connectivity index (χ1v) is 7.31. The van der Waals surface area contributed by atoms with Gasteiger partial charge in [-0.15, -0.1) is 0 Å². The third-order valence-electron chi connectivity index (χ3n) is 4.67. The monoisotopic (exact) mass is 277 g/mol. The highest BCUT2D eigenvalue weighted by molar-refractivity contribution is 5.84. The smallest absolute Gasteiger partial charge is 0.330 e. The van der Waals surface area contributed by atoms with E-state index >= 15 is 0 Å². The number of benzene rings is 1. The van der Waals surface area contributed by atoms with Crippen molar-refractivity contribution in [3.8, 4) is 0 Å². The normalized spacial score (nSPS) is 25.7. The molecule has 3 rings (SSSR count). The predicted molar refractivity (Wildman–Crippen MR) is 73.8 cm³/mol. The van der Waals surface area contributed by atoms with E-state index in [0.29, 0.717) is 24.4 Å². The van der Waals surface area contributed by atoms with Crippen LogP contribution in [0.25, 0.3) is 0 Å². The summed E-state index contributed by atoms with van der Waals surface area (Å²) in [7, 11) is 1.40. The first-order chi connectivity index (χ1) is 9.67. The Morgan fingerprint density at radius 2 is 2.15 bits per heavy atom. The summed E-state index contributed by atoms with van der Waals surface area (Å²) < 4.78 is 19.0. The predicted octanol–water partition coefficient (Wildman–Crippen LogP) is 2.67. The number of ether oxygens (including phenoxy) is 1. The average Bonchev–Trinajstić information content (AvgIpc) is 3.08. The number of hydrogen-bond donors (Lipinski definition) is 1. The third-order valence-corrected chi connectivity index (χ3v) is 4.67. The van der Waals surface area contributed by atoms with Gasteiger partial charge in [-0.2, -0.15) is 0 Å². The van der Waals surface area contributed by atoms with E-state index in [4.69, 9.17) is 4.74 Å². The fourth-order valence-electron chi connectivity index (χ4n) is 3.67. The Bertz CT molecular complexity index is 525. The minimum absolute atomic E-state index is 0.221. The fourth-order valence-corrected chi connectivity index (χ4v) is 3.67. The van der Waals surface area contributed by atoms with Crippen LogP contribution in [0.2, 0.25) is 0 Å². The Morgan fingerprint density at radius 3 is 2.85 bits per heavy atom. The van der Waals surface area contributed by atoms with E-state index in [1.807, 2.05) is 6.07 Å². The van der Waals surface area contributed by atoms with Gasteiger partial charge in [0.1, 0.15) is 11.4 Å². The van der Waals surface area contributed by atoms with Crippen molar-refractivity contribution in [3.63, 3.8) is 0 Å². The van der Waals surface area contributed by atoms with Gasteiger partial charge in [0.15, 0.2) is 0 Å². The molecule has 1 aromatic carbocycles. The van der Waals surface area contributed by atoms with E-state index in [2.05, 4.69) is 5.32 Å². The first kappa shape index (κ1) is 13.6. The lowest BCUT2D eigenvalue weighted by Crippen LogP contribution is -2.52. The maximum absolute atomic E-state index is 13.9. The number of rotatable bonds is 3. The molecule has 0 aromatic heterocycles. The molecule has 0 aliphatic heterocycles. The molecule has 1 unspecified atom stereocenters. The third kappa shape index (κ3) is 2.03. The van der Waals surface area contributed by atoms with Crippen molar-refractivity contribution >= 4 is 5.97 Å². The second-order valence-electron chi connectivity index (χ2n) is 5.79. The number of esters is 1. The largest absolute Gasteiger partial charge is 0.467 e. The molecule has 0 bridgehead atoms. The molecule has 1 atom stereocenters. The summed E-state index contributed by atoms with van der Waals surface area (Å²) in [6.45, 7) is 0. The minimum Gasteiger partial charge on any atom is -0.467 e. The molecular weight excluding hydrogens is 257 g/mol. The second kappa shape index (κ2) is 5.17. The quantitative estimate of drug-likeness (QED) is 0.863. The molecule has 0 heterocycles. The number of halogens is 1. The zero-order valence-corrected chi connectivity index (χ0v) is 11.7. The summed E-state index contributed by atoms with van der Waals surface area (Å²) in [6, 6.07) is 5.31. The SMILES string of the molecule is COC(=O)C1(NC2CCCC2)CCc2c(F)cccc21. The van der Waals surface area contributed by atoms with Gasteiger partial charge in [0.05, 0.1) is 7.11 Å². The lowest BCUT2D eigenvalue weighted by molar-refractivity contribution is -0.149. The van der Waals surface area contributed by atoms with E-state index in [-0.39, 0.29) is 11.8 Å². The summed E-state index contributed by atoms with van der Waals surface area (Å²) in [5, 5.41) is 3.48. The van der Waals surface area contributed by atoms with Gasteiger partial charge in [0, 0.05) is 6.04 Å². The first-order valence-electron chi connectivity index (χ1n) is 7.31. The standard InChI is InChI=1S/C16H20FNO2/c1-20-15(19)16(18-11-5-2-3-6-11)10-9-12-13(16)7-4-8-14(12)17/h4,7-8,11,18H,2-3,5-6,9-10H2,1H3. The van der Waals surface area contributed by atoms with Crippen molar-refractivity contribution in [1.29, 1.82) is 0 Å². The molecular formula is C16H20FNO2.